The smallest absolute Gasteiger partial charge is 0.330 e. The first-order chi connectivity index (χ1) is 7.13. The third-order valence-corrected chi connectivity index (χ3v) is 2.65. The molecule has 1 saturated carbocycles. The van der Waals surface area contributed by atoms with E-state index in [9.17, 15) is 4.79 Å². The maximum absolute atomic E-state index is 10.5. The molecule has 0 atom stereocenters. The minimum Gasteiger partial charge on any atom is -0.478 e. The van der Waals surface area contributed by atoms with Crippen LogP contribution in [0, 0.1) is 0 Å². The van der Waals surface area contributed by atoms with Gasteiger partial charge in [0, 0.05) is 24.8 Å². The Bertz CT molecular complexity index is 244. The largest absolute Gasteiger partial charge is 0.478 e. The fraction of sp³-hybridized carbons (Fsp3) is 0.727. The summed E-state index contributed by atoms with van der Waals surface area (Å²) in [4.78, 5) is 10.5. The van der Waals surface area contributed by atoms with E-state index >= 15 is 0 Å². The summed E-state index contributed by atoms with van der Waals surface area (Å²) in [5.74, 6) is -0.849. The molecule has 0 bridgehead atoms. The summed E-state index contributed by atoms with van der Waals surface area (Å²) in [6.45, 7) is 5.00. The molecule has 0 amide bonds. The van der Waals surface area contributed by atoms with Crippen molar-refractivity contribution in [3.8, 4) is 0 Å². The lowest BCUT2D eigenvalue weighted by Gasteiger charge is -2.35. The van der Waals surface area contributed by atoms with E-state index in [0.29, 0.717) is 24.3 Å². The second-order valence-electron chi connectivity index (χ2n) is 3.85. The standard InChI is InChI=1S/C11H19NO3/c1-3-15-10-6-9(7-10)12-5-4-8(2)11(13)14/h4,9-10,12H,3,5-7H2,1-2H3,(H,13,14)/b8-4-. The lowest BCUT2D eigenvalue weighted by Crippen LogP contribution is -2.45. The summed E-state index contributed by atoms with van der Waals surface area (Å²) < 4.78 is 5.42. The molecule has 0 unspecified atom stereocenters. The van der Waals surface area contributed by atoms with Crippen LogP contribution < -0.4 is 5.32 Å². The molecule has 1 aliphatic rings. The van der Waals surface area contributed by atoms with Crippen molar-refractivity contribution in [1.29, 1.82) is 0 Å². The molecule has 4 heteroatoms. The molecule has 0 aromatic carbocycles. The van der Waals surface area contributed by atoms with E-state index in [1.54, 1.807) is 13.0 Å². The van der Waals surface area contributed by atoms with Crippen molar-refractivity contribution in [3.05, 3.63) is 11.6 Å². The molecule has 0 saturated heterocycles. The summed E-state index contributed by atoms with van der Waals surface area (Å²) >= 11 is 0. The average molecular weight is 213 g/mol. The second kappa shape index (κ2) is 5.88. The highest BCUT2D eigenvalue weighted by Crippen LogP contribution is 2.22. The third-order valence-electron chi connectivity index (χ3n) is 2.65. The zero-order chi connectivity index (χ0) is 11.3. The van der Waals surface area contributed by atoms with Crippen molar-refractivity contribution in [1.82, 2.24) is 5.32 Å². The lowest BCUT2D eigenvalue weighted by molar-refractivity contribution is -0.132. The van der Waals surface area contributed by atoms with Gasteiger partial charge in [-0.25, -0.2) is 4.79 Å². The van der Waals surface area contributed by atoms with Gasteiger partial charge in [-0.15, -0.1) is 0 Å². The molecule has 1 fully saturated rings. The summed E-state index contributed by atoms with van der Waals surface area (Å²) in [5.41, 5.74) is 0.392. The van der Waals surface area contributed by atoms with Gasteiger partial charge in [-0.1, -0.05) is 6.08 Å². The number of carbonyl (C=O) groups is 1. The predicted octanol–water partition coefficient (Wildman–Crippen LogP) is 1.17. The number of carboxylic acids is 1. The minimum absolute atomic E-state index is 0.392. The molecule has 0 radical (unpaired) electrons. The number of carboxylic acid groups (broad SMARTS) is 1. The number of hydrogen-bond acceptors (Lipinski definition) is 3. The molecule has 1 rings (SSSR count). The van der Waals surface area contributed by atoms with E-state index < -0.39 is 5.97 Å². The van der Waals surface area contributed by atoms with Gasteiger partial charge in [0.1, 0.15) is 0 Å². The zero-order valence-corrected chi connectivity index (χ0v) is 9.32. The number of hydrogen-bond donors (Lipinski definition) is 2. The normalized spacial score (nSPS) is 26.1. The van der Waals surface area contributed by atoms with Gasteiger partial charge in [0.05, 0.1) is 6.10 Å². The number of aliphatic carboxylic acids is 1. The maximum atomic E-state index is 10.5. The highest BCUT2D eigenvalue weighted by molar-refractivity contribution is 5.85. The Morgan fingerprint density at radius 3 is 2.80 bits per heavy atom. The molecule has 0 aromatic heterocycles. The summed E-state index contributed by atoms with van der Waals surface area (Å²) in [6, 6.07) is 0.486. The van der Waals surface area contributed by atoms with Crippen LogP contribution in [0.1, 0.15) is 26.7 Å². The Hall–Kier alpha value is -0.870. The van der Waals surface area contributed by atoms with Gasteiger partial charge in [0.15, 0.2) is 0 Å². The van der Waals surface area contributed by atoms with Crippen LogP contribution in [-0.2, 0) is 9.53 Å². The summed E-state index contributed by atoms with van der Waals surface area (Å²) in [6.07, 6.45) is 4.18. The zero-order valence-electron chi connectivity index (χ0n) is 9.32. The molecule has 86 valence electrons. The molecule has 15 heavy (non-hydrogen) atoms. The van der Waals surface area contributed by atoms with E-state index in [1.807, 2.05) is 6.92 Å². The maximum Gasteiger partial charge on any atom is 0.330 e. The fourth-order valence-corrected chi connectivity index (χ4v) is 1.57. The Labute approximate surface area is 90.3 Å². The van der Waals surface area contributed by atoms with E-state index in [2.05, 4.69) is 5.32 Å². The first kappa shape index (κ1) is 12.2. The van der Waals surface area contributed by atoms with E-state index in [1.165, 1.54) is 0 Å². The topological polar surface area (TPSA) is 58.6 Å². The first-order valence-electron chi connectivity index (χ1n) is 5.38. The fourth-order valence-electron chi connectivity index (χ4n) is 1.57. The van der Waals surface area contributed by atoms with Crippen LogP contribution in [0.5, 0.6) is 0 Å². The van der Waals surface area contributed by atoms with Crippen molar-refractivity contribution in [2.75, 3.05) is 13.2 Å². The van der Waals surface area contributed by atoms with Gasteiger partial charge in [-0.3, -0.25) is 0 Å². The molecule has 1 aliphatic carbocycles. The van der Waals surface area contributed by atoms with E-state index in [4.69, 9.17) is 9.84 Å². The van der Waals surface area contributed by atoms with Crippen LogP contribution in [0.15, 0.2) is 11.6 Å². The van der Waals surface area contributed by atoms with Crippen molar-refractivity contribution < 1.29 is 14.6 Å². The molecule has 4 nitrogen and oxygen atoms in total. The molecule has 0 aliphatic heterocycles. The average Bonchev–Trinajstić information content (AvgIpc) is 2.13. The SMILES string of the molecule is CCOC1CC(NC/C=C(/C)C(=O)O)C1. The summed E-state index contributed by atoms with van der Waals surface area (Å²) in [5, 5.41) is 11.9. The monoisotopic (exact) mass is 213 g/mol. The molecule has 0 heterocycles. The van der Waals surface area contributed by atoms with Crippen LogP contribution >= 0.6 is 0 Å². The Balaban J connectivity index is 2.08. The molecule has 2 N–H and O–H groups in total. The van der Waals surface area contributed by atoms with Gasteiger partial charge in [-0.2, -0.15) is 0 Å². The van der Waals surface area contributed by atoms with Crippen LogP contribution in [0.2, 0.25) is 0 Å². The molecule has 0 aromatic rings. The number of ether oxygens (including phenoxy) is 1. The van der Waals surface area contributed by atoms with Crippen molar-refractivity contribution >= 4 is 5.97 Å². The quantitative estimate of drug-likeness (QED) is 0.650. The molecular formula is C11H19NO3. The molecular weight excluding hydrogens is 194 g/mol. The van der Waals surface area contributed by atoms with Crippen LogP contribution in [0.25, 0.3) is 0 Å². The lowest BCUT2D eigenvalue weighted by atomic mass is 9.89. The van der Waals surface area contributed by atoms with Crippen LogP contribution in [0.4, 0.5) is 0 Å². The van der Waals surface area contributed by atoms with Gasteiger partial charge in [-0.05, 0) is 26.7 Å². The Morgan fingerprint density at radius 2 is 2.27 bits per heavy atom. The number of rotatable bonds is 6. The Kier molecular flexibility index (Phi) is 4.78. The Morgan fingerprint density at radius 1 is 1.60 bits per heavy atom. The van der Waals surface area contributed by atoms with E-state index in [-0.39, 0.29) is 0 Å². The summed E-state index contributed by atoms with van der Waals surface area (Å²) in [7, 11) is 0. The van der Waals surface area contributed by atoms with Crippen molar-refractivity contribution in [3.63, 3.8) is 0 Å². The predicted molar refractivity (Wildman–Crippen MR) is 57.8 cm³/mol. The minimum atomic E-state index is -0.849. The molecule has 0 spiro atoms. The number of nitrogens with one attached hydrogen (secondary N) is 1. The first-order valence-corrected chi connectivity index (χ1v) is 5.38. The van der Waals surface area contributed by atoms with E-state index in [0.717, 1.165) is 19.4 Å². The van der Waals surface area contributed by atoms with Crippen molar-refractivity contribution in [2.45, 2.75) is 38.8 Å². The van der Waals surface area contributed by atoms with Gasteiger partial charge >= 0.3 is 5.97 Å². The highest BCUT2D eigenvalue weighted by Gasteiger charge is 2.28. The third kappa shape index (κ3) is 4.01. The van der Waals surface area contributed by atoms with Gasteiger partial charge in [0.25, 0.3) is 0 Å². The van der Waals surface area contributed by atoms with Gasteiger partial charge < -0.3 is 15.2 Å². The second-order valence-corrected chi connectivity index (χ2v) is 3.85. The van der Waals surface area contributed by atoms with Crippen LogP contribution in [-0.4, -0.2) is 36.4 Å². The van der Waals surface area contributed by atoms with Crippen LogP contribution in [0.3, 0.4) is 0 Å². The van der Waals surface area contributed by atoms with Crippen molar-refractivity contribution in [2.24, 2.45) is 0 Å². The highest BCUT2D eigenvalue weighted by atomic mass is 16.5. The van der Waals surface area contributed by atoms with Gasteiger partial charge in [0.2, 0.25) is 0 Å².